The number of hydrogen-bond acceptors (Lipinski definition) is 4. The van der Waals surface area contributed by atoms with Gasteiger partial charge in [0.25, 0.3) is 5.91 Å². The zero-order chi connectivity index (χ0) is 17.2. The molecule has 0 radical (unpaired) electrons. The molecule has 2 heterocycles. The maximum Gasteiger partial charge on any atom is 0.305 e. The molecule has 0 bridgehead atoms. The number of carbonyl (C=O) groups excluding carboxylic acids is 1. The van der Waals surface area contributed by atoms with Crippen molar-refractivity contribution >= 4 is 23.2 Å². The Labute approximate surface area is 142 Å². The molecule has 24 heavy (non-hydrogen) atoms. The van der Waals surface area contributed by atoms with Gasteiger partial charge in [0.05, 0.1) is 23.4 Å². The van der Waals surface area contributed by atoms with Crippen LogP contribution >= 0.6 is 11.3 Å². The zero-order valence-electron chi connectivity index (χ0n) is 12.8. The number of carboxylic acid groups (broad SMARTS) is 1. The normalized spacial score (nSPS) is 20.0. The van der Waals surface area contributed by atoms with Gasteiger partial charge in [-0.2, -0.15) is 0 Å². The Morgan fingerprint density at radius 1 is 1.25 bits per heavy atom. The molecular formula is C17H16FNO4S. The van der Waals surface area contributed by atoms with Crippen LogP contribution in [0.25, 0.3) is 10.4 Å². The third kappa shape index (κ3) is 3.63. The van der Waals surface area contributed by atoms with Crippen molar-refractivity contribution in [2.24, 2.45) is 0 Å². The van der Waals surface area contributed by atoms with Crippen LogP contribution in [0, 0.1) is 5.82 Å². The molecule has 1 fully saturated rings. The topological polar surface area (TPSA) is 75.6 Å². The number of carboxylic acids is 1. The summed E-state index contributed by atoms with van der Waals surface area (Å²) in [5.41, 5.74) is -0.0342. The Kier molecular flexibility index (Phi) is 4.64. The molecule has 2 aromatic rings. The number of benzene rings is 1. The van der Waals surface area contributed by atoms with Gasteiger partial charge in [-0.05, 0) is 36.2 Å². The summed E-state index contributed by atoms with van der Waals surface area (Å²) < 4.78 is 18.3. The monoisotopic (exact) mass is 349 g/mol. The quantitative estimate of drug-likeness (QED) is 0.870. The third-order valence-corrected chi connectivity index (χ3v) is 5.06. The Morgan fingerprint density at radius 3 is 2.62 bits per heavy atom. The fourth-order valence-corrected chi connectivity index (χ4v) is 3.62. The summed E-state index contributed by atoms with van der Waals surface area (Å²) in [5.74, 6) is -1.61. The lowest BCUT2D eigenvalue weighted by Gasteiger charge is -2.26. The smallest absolute Gasteiger partial charge is 0.305 e. The van der Waals surface area contributed by atoms with Crippen molar-refractivity contribution in [3.8, 4) is 10.4 Å². The van der Waals surface area contributed by atoms with Crippen LogP contribution in [0.3, 0.4) is 0 Å². The van der Waals surface area contributed by atoms with E-state index in [9.17, 15) is 14.0 Å². The molecule has 3 rings (SSSR count). The van der Waals surface area contributed by atoms with E-state index in [1.54, 1.807) is 24.3 Å². The largest absolute Gasteiger partial charge is 0.481 e. The van der Waals surface area contributed by atoms with Crippen molar-refractivity contribution in [2.45, 2.75) is 18.4 Å². The van der Waals surface area contributed by atoms with E-state index < -0.39 is 11.5 Å². The van der Waals surface area contributed by atoms with Crippen LogP contribution in [0.4, 0.5) is 4.39 Å². The highest BCUT2D eigenvalue weighted by Gasteiger charge is 2.39. The second-order valence-corrected chi connectivity index (χ2v) is 6.86. The number of thiophene rings is 1. The van der Waals surface area contributed by atoms with Crippen LogP contribution in [0.5, 0.6) is 0 Å². The van der Waals surface area contributed by atoms with Gasteiger partial charge in [0.15, 0.2) is 0 Å². The van der Waals surface area contributed by atoms with Crippen molar-refractivity contribution in [3.63, 3.8) is 0 Å². The van der Waals surface area contributed by atoms with Gasteiger partial charge >= 0.3 is 5.97 Å². The molecular weight excluding hydrogens is 333 g/mol. The number of rotatable bonds is 5. The first-order valence-corrected chi connectivity index (χ1v) is 8.27. The van der Waals surface area contributed by atoms with Gasteiger partial charge in [-0.3, -0.25) is 9.59 Å². The first-order chi connectivity index (χ1) is 11.5. The van der Waals surface area contributed by atoms with Gasteiger partial charge in [-0.15, -0.1) is 11.3 Å². The van der Waals surface area contributed by atoms with E-state index >= 15 is 0 Å². The van der Waals surface area contributed by atoms with Crippen LogP contribution in [-0.4, -0.2) is 35.7 Å². The second-order valence-electron chi connectivity index (χ2n) is 5.78. The average Bonchev–Trinajstić information content (AvgIpc) is 3.17. The number of aliphatic carboxylic acids is 1. The van der Waals surface area contributed by atoms with Crippen molar-refractivity contribution in [1.82, 2.24) is 5.32 Å². The fourth-order valence-electron chi connectivity index (χ4n) is 2.71. The zero-order valence-corrected chi connectivity index (χ0v) is 13.6. The van der Waals surface area contributed by atoms with Crippen LogP contribution in [-0.2, 0) is 9.53 Å². The van der Waals surface area contributed by atoms with Crippen LogP contribution in [0.15, 0.2) is 36.4 Å². The van der Waals surface area contributed by atoms with E-state index in [-0.39, 0.29) is 24.8 Å². The number of carbonyl (C=O) groups is 2. The summed E-state index contributed by atoms with van der Waals surface area (Å²) in [4.78, 5) is 24.9. The highest BCUT2D eigenvalue weighted by molar-refractivity contribution is 7.17. The van der Waals surface area contributed by atoms with Gasteiger partial charge in [-0.25, -0.2) is 4.39 Å². The predicted molar refractivity (Wildman–Crippen MR) is 87.6 cm³/mol. The molecule has 1 aliphatic rings. The van der Waals surface area contributed by atoms with Crippen molar-refractivity contribution in [2.75, 3.05) is 13.2 Å². The van der Waals surface area contributed by atoms with Crippen molar-refractivity contribution < 1.29 is 23.8 Å². The molecule has 1 atom stereocenters. The Hall–Kier alpha value is -2.25. The first kappa shape index (κ1) is 16.6. The van der Waals surface area contributed by atoms with Gasteiger partial charge in [0.2, 0.25) is 0 Å². The van der Waals surface area contributed by atoms with Crippen molar-refractivity contribution in [1.29, 1.82) is 0 Å². The molecule has 1 aliphatic heterocycles. The van der Waals surface area contributed by atoms with Crippen LogP contribution in [0.2, 0.25) is 0 Å². The van der Waals surface area contributed by atoms with Gasteiger partial charge in [-0.1, -0.05) is 12.1 Å². The van der Waals surface area contributed by atoms with Crippen LogP contribution in [0.1, 0.15) is 22.5 Å². The average molecular weight is 349 g/mol. The summed E-state index contributed by atoms with van der Waals surface area (Å²) >= 11 is 1.28. The first-order valence-electron chi connectivity index (χ1n) is 7.45. The van der Waals surface area contributed by atoms with E-state index in [4.69, 9.17) is 9.84 Å². The molecule has 1 saturated heterocycles. The summed E-state index contributed by atoms with van der Waals surface area (Å²) in [6, 6.07) is 9.52. The maximum absolute atomic E-state index is 13.0. The highest BCUT2D eigenvalue weighted by Crippen LogP contribution is 2.29. The molecule has 1 amide bonds. The van der Waals surface area contributed by atoms with E-state index in [0.29, 0.717) is 17.9 Å². The minimum atomic E-state index is -0.973. The molecule has 7 heteroatoms. The summed E-state index contributed by atoms with van der Waals surface area (Å²) in [6.45, 7) is 0.625. The molecule has 2 N–H and O–H groups in total. The standard InChI is InChI=1S/C17H16FNO4S/c18-12-3-1-11(2-4-12)13-5-6-14(24-13)16(22)19-17(9-15(20)21)7-8-23-10-17/h1-6H,7-10H2,(H,19,22)(H,20,21). The Balaban J connectivity index is 1.75. The Bertz CT molecular complexity index is 750. The molecule has 1 aromatic heterocycles. The van der Waals surface area contributed by atoms with Crippen molar-refractivity contribution in [3.05, 3.63) is 47.1 Å². The fraction of sp³-hybridized carbons (Fsp3) is 0.294. The maximum atomic E-state index is 13.0. The molecule has 5 nitrogen and oxygen atoms in total. The van der Waals surface area contributed by atoms with E-state index in [1.807, 2.05) is 0 Å². The molecule has 126 valence electrons. The molecule has 0 spiro atoms. The number of nitrogens with one attached hydrogen (secondary N) is 1. The molecule has 0 aliphatic carbocycles. The lowest BCUT2D eigenvalue weighted by molar-refractivity contribution is -0.138. The van der Waals surface area contributed by atoms with Gasteiger partial charge < -0.3 is 15.2 Å². The third-order valence-electron chi connectivity index (χ3n) is 3.93. The van der Waals surface area contributed by atoms with E-state index in [0.717, 1.165) is 10.4 Å². The number of hydrogen-bond donors (Lipinski definition) is 2. The second kappa shape index (κ2) is 6.70. The van der Waals surface area contributed by atoms with Crippen LogP contribution < -0.4 is 5.32 Å². The number of amides is 1. The summed E-state index contributed by atoms with van der Waals surface area (Å²) in [6.07, 6.45) is 0.302. The molecule has 1 aromatic carbocycles. The van der Waals surface area contributed by atoms with E-state index in [1.165, 1.54) is 23.5 Å². The Morgan fingerprint density at radius 2 is 2.00 bits per heavy atom. The minimum absolute atomic E-state index is 0.172. The summed E-state index contributed by atoms with van der Waals surface area (Å²) in [5, 5.41) is 11.9. The van der Waals surface area contributed by atoms with Gasteiger partial charge in [0.1, 0.15) is 5.82 Å². The minimum Gasteiger partial charge on any atom is -0.481 e. The predicted octanol–water partition coefficient (Wildman–Crippen LogP) is 2.92. The van der Waals surface area contributed by atoms with E-state index in [2.05, 4.69) is 5.32 Å². The summed E-state index contributed by atoms with van der Waals surface area (Å²) in [7, 11) is 0. The number of ether oxygens (including phenoxy) is 1. The van der Waals surface area contributed by atoms with Gasteiger partial charge in [0, 0.05) is 11.5 Å². The lowest BCUT2D eigenvalue weighted by Crippen LogP contribution is -2.50. The SMILES string of the molecule is O=C(O)CC1(NC(=O)c2ccc(-c3ccc(F)cc3)s2)CCOC1. The highest BCUT2D eigenvalue weighted by atomic mass is 32.1. The lowest BCUT2D eigenvalue weighted by atomic mass is 9.94. The molecule has 1 unspecified atom stereocenters. The molecule has 0 saturated carbocycles. The number of halogens is 1.